The van der Waals surface area contributed by atoms with Crippen LogP contribution in [-0.4, -0.2) is 19.6 Å². The van der Waals surface area contributed by atoms with E-state index in [9.17, 15) is 13.2 Å². The predicted molar refractivity (Wildman–Crippen MR) is 63.3 cm³/mol. The maximum Gasteiger partial charge on any atom is 0.416 e. The third kappa shape index (κ3) is 2.37. The zero-order valence-electron chi connectivity index (χ0n) is 10.0. The average Bonchev–Trinajstić information content (AvgIpc) is 2.38. The lowest BCUT2D eigenvalue weighted by atomic mass is 9.71. The Balaban J connectivity index is 2.48. The van der Waals surface area contributed by atoms with Gasteiger partial charge in [-0.05, 0) is 24.5 Å². The summed E-state index contributed by atoms with van der Waals surface area (Å²) in [6.07, 6.45) is -3.14. The highest BCUT2D eigenvalue weighted by atomic mass is 19.4. The lowest BCUT2D eigenvalue weighted by Crippen LogP contribution is -2.44. The molecule has 1 fully saturated rings. The molecule has 0 spiro atoms. The summed E-state index contributed by atoms with van der Waals surface area (Å²) in [6.45, 7) is 1.41. The van der Waals surface area contributed by atoms with Crippen LogP contribution in [0.5, 0.6) is 0 Å². The van der Waals surface area contributed by atoms with E-state index in [4.69, 9.17) is 5.73 Å². The van der Waals surface area contributed by atoms with Gasteiger partial charge >= 0.3 is 6.18 Å². The molecule has 0 aromatic heterocycles. The first-order valence-corrected chi connectivity index (χ1v) is 6.00. The van der Waals surface area contributed by atoms with Gasteiger partial charge in [-0.15, -0.1) is 0 Å². The van der Waals surface area contributed by atoms with Crippen LogP contribution in [0.1, 0.15) is 24.0 Å². The van der Waals surface area contributed by atoms with E-state index in [2.05, 4.69) is 5.32 Å². The Hall–Kier alpha value is -1.07. The minimum absolute atomic E-state index is 0.232. The standard InChI is InChI=1S/C13H16F3N2/c14-13(15,16)11-4-2-1-3-10(11)12(9-17)5-7-18-8-6-12/h1-4H,5-9,17H2. The van der Waals surface area contributed by atoms with E-state index in [1.165, 1.54) is 6.07 Å². The molecule has 1 radical (unpaired) electrons. The van der Waals surface area contributed by atoms with Gasteiger partial charge in [-0.3, -0.25) is 0 Å². The van der Waals surface area contributed by atoms with Crippen LogP contribution >= 0.6 is 0 Å². The molecule has 0 atom stereocenters. The van der Waals surface area contributed by atoms with Crippen LogP contribution in [0.4, 0.5) is 13.2 Å². The van der Waals surface area contributed by atoms with Gasteiger partial charge in [0.05, 0.1) is 5.56 Å². The number of nitrogens with zero attached hydrogens (tertiary/aromatic N) is 1. The first kappa shape index (κ1) is 13.4. The molecule has 2 N–H and O–H groups in total. The average molecular weight is 257 g/mol. The summed E-state index contributed by atoms with van der Waals surface area (Å²) in [6, 6.07) is 5.76. The van der Waals surface area contributed by atoms with Crippen LogP contribution in [0.2, 0.25) is 0 Å². The van der Waals surface area contributed by atoms with Crippen molar-refractivity contribution in [3.05, 3.63) is 35.4 Å². The van der Waals surface area contributed by atoms with E-state index in [1.54, 1.807) is 12.1 Å². The molecule has 1 aliphatic heterocycles. The Labute approximate surface area is 104 Å². The van der Waals surface area contributed by atoms with Crippen LogP contribution < -0.4 is 11.1 Å². The highest BCUT2D eigenvalue weighted by molar-refractivity contribution is 5.37. The van der Waals surface area contributed by atoms with E-state index in [0.717, 1.165) is 6.07 Å². The van der Waals surface area contributed by atoms with Crippen LogP contribution in [-0.2, 0) is 11.6 Å². The molecule has 1 saturated heterocycles. The second-order valence-electron chi connectivity index (χ2n) is 4.70. The van der Waals surface area contributed by atoms with Gasteiger partial charge in [0.1, 0.15) is 0 Å². The number of rotatable bonds is 2. The van der Waals surface area contributed by atoms with E-state index in [0.29, 0.717) is 31.5 Å². The summed E-state index contributed by atoms with van der Waals surface area (Å²) in [5, 5.41) is 4.20. The molecule has 18 heavy (non-hydrogen) atoms. The predicted octanol–water partition coefficient (Wildman–Crippen LogP) is 2.30. The third-order valence-electron chi connectivity index (χ3n) is 3.69. The van der Waals surface area contributed by atoms with Crippen molar-refractivity contribution in [3.8, 4) is 0 Å². The van der Waals surface area contributed by atoms with Crippen molar-refractivity contribution in [3.63, 3.8) is 0 Å². The first-order valence-electron chi connectivity index (χ1n) is 6.00. The number of nitrogens with two attached hydrogens (primary N) is 1. The number of halogens is 3. The van der Waals surface area contributed by atoms with Crippen molar-refractivity contribution >= 4 is 0 Å². The largest absolute Gasteiger partial charge is 0.416 e. The lowest BCUT2D eigenvalue weighted by Gasteiger charge is -2.38. The lowest BCUT2D eigenvalue weighted by molar-refractivity contribution is -0.138. The summed E-state index contributed by atoms with van der Waals surface area (Å²) in [5.41, 5.74) is 4.97. The summed E-state index contributed by atoms with van der Waals surface area (Å²) in [7, 11) is 0. The van der Waals surface area contributed by atoms with Gasteiger partial charge in [0.15, 0.2) is 0 Å². The van der Waals surface area contributed by atoms with Gasteiger partial charge in [0, 0.05) is 25.0 Å². The smallest absolute Gasteiger partial charge is 0.330 e. The fourth-order valence-corrected chi connectivity index (χ4v) is 2.60. The van der Waals surface area contributed by atoms with Gasteiger partial charge < -0.3 is 5.73 Å². The minimum Gasteiger partial charge on any atom is -0.330 e. The molecule has 1 aromatic carbocycles. The Kier molecular flexibility index (Phi) is 3.64. The normalized spacial score (nSPS) is 19.8. The van der Waals surface area contributed by atoms with E-state index in [-0.39, 0.29) is 6.54 Å². The van der Waals surface area contributed by atoms with E-state index < -0.39 is 17.2 Å². The Bertz CT molecular complexity index is 409. The van der Waals surface area contributed by atoms with Gasteiger partial charge in [-0.1, -0.05) is 18.2 Å². The molecule has 1 aromatic rings. The molecule has 0 bridgehead atoms. The van der Waals surface area contributed by atoms with Crippen LogP contribution in [0.3, 0.4) is 0 Å². The highest BCUT2D eigenvalue weighted by Crippen LogP contribution is 2.41. The molecule has 2 nitrogen and oxygen atoms in total. The van der Waals surface area contributed by atoms with Crippen molar-refractivity contribution in [2.75, 3.05) is 19.6 Å². The van der Waals surface area contributed by atoms with Crippen LogP contribution in [0.15, 0.2) is 24.3 Å². The zero-order valence-corrected chi connectivity index (χ0v) is 10.0. The fourth-order valence-electron chi connectivity index (χ4n) is 2.60. The van der Waals surface area contributed by atoms with Crippen LogP contribution in [0, 0.1) is 0 Å². The van der Waals surface area contributed by atoms with Gasteiger partial charge in [-0.2, -0.15) is 13.2 Å². The van der Waals surface area contributed by atoms with E-state index >= 15 is 0 Å². The molecule has 0 saturated carbocycles. The molecule has 0 aliphatic carbocycles. The molecule has 0 unspecified atom stereocenters. The maximum absolute atomic E-state index is 13.0. The number of alkyl halides is 3. The maximum atomic E-state index is 13.0. The highest BCUT2D eigenvalue weighted by Gasteiger charge is 2.41. The topological polar surface area (TPSA) is 40.1 Å². The summed E-state index contributed by atoms with van der Waals surface area (Å²) < 4.78 is 39.1. The van der Waals surface area contributed by atoms with E-state index in [1.807, 2.05) is 0 Å². The molecule has 5 heteroatoms. The Morgan fingerprint density at radius 1 is 1.17 bits per heavy atom. The van der Waals surface area contributed by atoms with Gasteiger partial charge in [0.25, 0.3) is 0 Å². The van der Waals surface area contributed by atoms with Crippen molar-refractivity contribution < 1.29 is 13.2 Å². The minimum atomic E-state index is -4.33. The number of hydrogen-bond donors (Lipinski definition) is 1. The molecule has 1 aliphatic rings. The van der Waals surface area contributed by atoms with Crippen molar-refractivity contribution in [2.24, 2.45) is 5.73 Å². The summed E-state index contributed by atoms with van der Waals surface area (Å²) >= 11 is 0. The number of piperidine rings is 1. The monoisotopic (exact) mass is 257 g/mol. The molecular weight excluding hydrogens is 241 g/mol. The van der Waals surface area contributed by atoms with Crippen molar-refractivity contribution in [1.29, 1.82) is 0 Å². The second kappa shape index (κ2) is 4.90. The Morgan fingerprint density at radius 3 is 2.33 bits per heavy atom. The molecule has 0 amide bonds. The third-order valence-corrected chi connectivity index (χ3v) is 3.69. The van der Waals surface area contributed by atoms with Crippen molar-refractivity contribution in [1.82, 2.24) is 5.32 Å². The van der Waals surface area contributed by atoms with Crippen LogP contribution in [0.25, 0.3) is 0 Å². The number of hydrogen-bond acceptors (Lipinski definition) is 1. The van der Waals surface area contributed by atoms with Gasteiger partial charge in [-0.25, -0.2) is 5.32 Å². The summed E-state index contributed by atoms with van der Waals surface area (Å²) in [4.78, 5) is 0. The Morgan fingerprint density at radius 2 is 1.78 bits per heavy atom. The first-order chi connectivity index (χ1) is 8.49. The molecule has 2 rings (SSSR count). The summed E-state index contributed by atoms with van der Waals surface area (Å²) in [5.74, 6) is 0. The molecule has 99 valence electrons. The molecular formula is C13H16F3N2. The zero-order chi connectivity index (χ0) is 13.2. The number of benzene rings is 1. The quantitative estimate of drug-likeness (QED) is 0.867. The molecule has 1 heterocycles. The second-order valence-corrected chi connectivity index (χ2v) is 4.70. The van der Waals surface area contributed by atoms with Crippen molar-refractivity contribution in [2.45, 2.75) is 24.4 Å². The SMILES string of the molecule is NCC1(c2ccccc2C(F)(F)F)CC[N]CC1. The van der Waals surface area contributed by atoms with Gasteiger partial charge in [0.2, 0.25) is 0 Å². The fraction of sp³-hybridized carbons (Fsp3) is 0.538.